The number of ether oxygens (including phenoxy) is 2. The van der Waals surface area contributed by atoms with Crippen molar-refractivity contribution in [3.05, 3.63) is 53.3 Å². The van der Waals surface area contributed by atoms with Gasteiger partial charge in [0.25, 0.3) is 5.91 Å². The average Bonchev–Trinajstić information content (AvgIpc) is 3.02. The van der Waals surface area contributed by atoms with Crippen LogP contribution in [0.15, 0.2) is 36.5 Å². The number of likely N-dealkylation sites (N-methyl/N-ethyl adjacent to an activating group) is 1. The van der Waals surface area contributed by atoms with Crippen LogP contribution in [-0.4, -0.2) is 61.6 Å². The van der Waals surface area contributed by atoms with E-state index in [2.05, 4.69) is 23.0 Å². The molecule has 0 radical (unpaired) electrons. The molecule has 2 aromatic rings. The summed E-state index contributed by atoms with van der Waals surface area (Å²) in [4.78, 5) is 21.3. The third-order valence-electron chi connectivity index (χ3n) is 4.94. The Morgan fingerprint density at radius 1 is 1.15 bits per heavy atom. The summed E-state index contributed by atoms with van der Waals surface area (Å²) in [7, 11) is 5.27. The van der Waals surface area contributed by atoms with Gasteiger partial charge in [0, 0.05) is 37.9 Å². The summed E-state index contributed by atoms with van der Waals surface area (Å²) in [5, 5.41) is 0. The Bertz CT molecular complexity index is 780. The summed E-state index contributed by atoms with van der Waals surface area (Å²) < 4.78 is 10.7. The van der Waals surface area contributed by atoms with Crippen molar-refractivity contribution in [2.24, 2.45) is 0 Å². The van der Waals surface area contributed by atoms with Crippen molar-refractivity contribution in [2.75, 3.05) is 40.9 Å². The maximum absolute atomic E-state index is 12.8. The van der Waals surface area contributed by atoms with Gasteiger partial charge in [-0.3, -0.25) is 9.78 Å². The number of fused-ring (bicyclic) bond motifs is 1. The van der Waals surface area contributed by atoms with Crippen LogP contribution < -0.4 is 9.47 Å². The van der Waals surface area contributed by atoms with E-state index in [0.29, 0.717) is 23.6 Å². The Morgan fingerprint density at radius 2 is 2.00 bits per heavy atom. The van der Waals surface area contributed by atoms with Crippen LogP contribution in [0.2, 0.25) is 0 Å². The molecule has 2 heterocycles. The SMILES string of the molecule is COc1ccc2c(c1OC)C(=O)N(CCCN(C)CCc1ccccn1)C2. The number of hydrogen-bond donors (Lipinski definition) is 0. The van der Waals surface area contributed by atoms with Gasteiger partial charge >= 0.3 is 0 Å². The van der Waals surface area contributed by atoms with Gasteiger partial charge in [-0.1, -0.05) is 12.1 Å². The zero-order chi connectivity index (χ0) is 19.2. The van der Waals surface area contributed by atoms with Crippen molar-refractivity contribution in [3.8, 4) is 11.5 Å². The Labute approximate surface area is 160 Å². The summed E-state index contributed by atoms with van der Waals surface area (Å²) in [6, 6.07) is 9.81. The molecule has 0 N–H and O–H groups in total. The first-order valence-corrected chi connectivity index (χ1v) is 9.25. The molecule has 1 aromatic carbocycles. The van der Waals surface area contributed by atoms with Gasteiger partial charge in [-0.2, -0.15) is 0 Å². The lowest BCUT2D eigenvalue weighted by Gasteiger charge is -2.20. The van der Waals surface area contributed by atoms with Crippen molar-refractivity contribution in [3.63, 3.8) is 0 Å². The monoisotopic (exact) mass is 369 g/mol. The van der Waals surface area contributed by atoms with E-state index in [1.54, 1.807) is 14.2 Å². The maximum atomic E-state index is 12.8. The minimum atomic E-state index is 0.0249. The molecular formula is C21H27N3O3. The number of aromatic nitrogens is 1. The highest BCUT2D eigenvalue weighted by Gasteiger charge is 2.32. The van der Waals surface area contributed by atoms with E-state index in [9.17, 15) is 4.79 Å². The first-order valence-electron chi connectivity index (χ1n) is 9.25. The van der Waals surface area contributed by atoms with Crippen LogP contribution in [0, 0.1) is 0 Å². The van der Waals surface area contributed by atoms with Crippen LogP contribution in [0.5, 0.6) is 11.5 Å². The fourth-order valence-corrected chi connectivity index (χ4v) is 3.44. The zero-order valence-electron chi connectivity index (χ0n) is 16.3. The van der Waals surface area contributed by atoms with Crippen molar-refractivity contribution in [2.45, 2.75) is 19.4 Å². The number of carbonyl (C=O) groups excluding carboxylic acids is 1. The third kappa shape index (κ3) is 4.39. The summed E-state index contributed by atoms with van der Waals surface area (Å²) in [5.74, 6) is 1.16. The molecule has 27 heavy (non-hydrogen) atoms. The van der Waals surface area contributed by atoms with Crippen LogP contribution in [0.1, 0.15) is 28.0 Å². The quantitative estimate of drug-likeness (QED) is 0.680. The Kier molecular flexibility index (Phi) is 6.29. The number of methoxy groups -OCH3 is 2. The average molecular weight is 369 g/mol. The van der Waals surface area contributed by atoms with E-state index in [-0.39, 0.29) is 5.91 Å². The molecule has 0 fully saturated rings. The first-order chi connectivity index (χ1) is 13.1. The number of nitrogens with zero attached hydrogens (tertiary/aromatic N) is 3. The summed E-state index contributed by atoms with van der Waals surface area (Å²) in [5.41, 5.74) is 2.75. The van der Waals surface area contributed by atoms with Crippen molar-refractivity contribution in [1.82, 2.24) is 14.8 Å². The molecule has 1 aliphatic rings. The molecule has 6 nitrogen and oxygen atoms in total. The molecule has 0 aliphatic carbocycles. The summed E-state index contributed by atoms with van der Waals surface area (Å²) in [6.07, 6.45) is 3.69. The van der Waals surface area contributed by atoms with Crippen LogP contribution in [0.3, 0.4) is 0 Å². The highest BCUT2D eigenvalue weighted by Crippen LogP contribution is 2.38. The topological polar surface area (TPSA) is 54.9 Å². The number of hydrogen-bond acceptors (Lipinski definition) is 5. The molecule has 0 spiro atoms. The summed E-state index contributed by atoms with van der Waals surface area (Å²) in [6.45, 7) is 3.25. The number of amides is 1. The molecular weight excluding hydrogens is 342 g/mol. The van der Waals surface area contributed by atoms with Gasteiger partial charge in [0.05, 0.1) is 19.8 Å². The third-order valence-corrected chi connectivity index (χ3v) is 4.94. The predicted molar refractivity (Wildman–Crippen MR) is 104 cm³/mol. The molecule has 3 rings (SSSR count). The van der Waals surface area contributed by atoms with Gasteiger partial charge in [0.2, 0.25) is 0 Å². The van der Waals surface area contributed by atoms with Gasteiger partial charge in [0.1, 0.15) is 0 Å². The van der Waals surface area contributed by atoms with Crippen molar-refractivity contribution >= 4 is 5.91 Å². The summed E-state index contributed by atoms with van der Waals surface area (Å²) >= 11 is 0. The number of benzene rings is 1. The lowest BCUT2D eigenvalue weighted by molar-refractivity contribution is 0.0769. The minimum absolute atomic E-state index is 0.0249. The zero-order valence-corrected chi connectivity index (χ0v) is 16.3. The van der Waals surface area contributed by atoms with E-state index >= 15 is 0 Å². The second-order valence-corrected chi connectivity index (χ2v) is 6.79. The van der Waals surface area contributed by atoms with Gasteiger partial charge in [-0.05, 0) is 43.8 Å². The molecule has 1 amide bonds. The molecule has 0 bridgehead atoms. The second kappa shape index (κ2) is 8.86. The fraction of sp³-hybridized carbons (Fsp3) is 0.429. The highest BCUT2D eigenvalue weighted by atomic mass is 16.5. The lowest BCUT2D eigenvalue weighted by atomic mass is 10.1. The Hall–Kier alpha value is -2.60. The number of pyridine rings is 1. The molecule has 0 unspecified atom stereocenters. The molecule has 0 atom stereocenters. The van der Waals surface area contributed by atoms with E-state index in [0.717, 1.165) is 43.7 Å². The normalized spacial score (nSPS) is 13.2. The standard InChI is InChI=1S/C21H27N3O3/c1-23(14-10-17-7-4-5-11-22-17)12-6-13-24-15-16-8-9-18(26-2)20(27-3)19(16)21(24)25/h4-5,7-9,11H,6,10,12-15H2,1-3H3. The van der Waals surface area contributed by atoms with Crippen LogP contribution in [-0.2, 0) is 13.0 Å². The molecule has 6 heteroatoms. The smallest absolute Gasteiger partial charge is 0.258 e. The number of carbonyl (C=O) groups is 1. The molecule has 144 valence electrons. The van der Waals surface area contributed by atoms with Gasteiger partial charge in [0.15, 0.2) is 11.5 Å². The van der Waals surface area contributed by atoms with Gasteiger partial charge in [-0.25, -0.2) is 0 Å². The largest absolute Gasteiger partial charge is 0.493 e. The van der Waals surface area contributed by atoms with Crippen LogP contribution >= 0.6 is 0 Å². The Balaban J connectivity index is 1.50. The minimum Gasteiger partial charge on any atom is -0.493 e. The van der Waals surface area contributed by atoms with E-state index in [1.807, 2.05) is 35.4 Å². The fourth-order valence-electron chi connectivity index (χ4n) is 3.44. The Morgan fingerprint density at radius 3 is 2.70 bits per heavy atom. The van der Waals surface area contributed by atoms with Gasteiger partial charge < -0.3 is 19.3 Å². The maximum Gasteiger partial charge on any atom is 0.258 e. The predicted octanol–water partition coefficient (Wildman–Crippen LogP) is 2.62. The van der Waals surface area contributed by atoms with Crippen LogP contribution in [0.4, 0.5) is 0 Å². The van der Waals surface area contributed by atoms with Crippen molar-refractivity contribution < 1.29 is 14.3 Å². The van der Waals surface area contributed by atoms with Crippen molar-refractivity contribution in [1.29, 1.82) is 0 Å². The second-order valence-electron chi connectivity index (χ2n) is 6.79. The molecule has 0 saturated heterocycles. The molecule has 1 aromatic heterocycles. The molecule has 0 saturated carbocycles. The highest BCUT2D eigenvalue weighted by molar-refractivity contribution is 6.01. The number of rotatable bonds is 9. The van der Waals surface area contributed by atoms with Crippen LogP contribution in [0.25, 0.3) is 0 Å². The first kappa shape index (κ1) is 19.2. The van der Waals surface area contributed by atoms with Gasteiger partial charge in [-0.15, -0.1) is 0 Å². The van der Waals surface area contributed by atoms with E-state index in [4.69, 9.17) is 9.47 Å². The lowest BCUT2D eigenvalue weighted by Crippen LogP contribution is -2.29. The van der Waals surface area contributed by atoms with E-state index < -0.39 is 0 Å². The molecule has 1 aliphatic heterocycles. The van der Waals surface area contributed by atoms with E-state index in [1.165, 1.54) is 0 Å².